The molecule has 0 aliphatic heterocycles. The average Bonchev–Trinajstić information content (AvgIpc) is 2.64. The van der Waals surface area contributed by atoms with Gasteiger partial charge in [-0.25, -0.2) is 19.8 Å². The van der Waals surface area contributed by atoms with E-state index in [2.05, 4.69) is 19.9 Å². The molecule has 0 saturated heterocycles. The highest BCUT2D eigenvalue weighted by Gasteiger charge is 2.15. The van der Waals surface area contributed by atoms with Gasteiger partial charge in [0.1, 0.15) is 0 Å². The fourth-order valence-corrected chi connectivity index (χ4v) is 2.09. The van der Waals surface area contributed by atoms with Crippen LogP contribution in [0.2, 0.25) is 0 Å². The monoisotopic (exact) mass is 336 g/mol. The van der Waals surface area contributed by atoms with E-state index in [-0.39, 0.29) is 0 Å². The van der Waals surface area contributed by atoms with Crippen LogP contribution in [0, 0.1) is 0 Å². The van der Waals surface area contributed by atoms with Gasteiger partial charge in [0, 0.05) is 30.2 Å². The standard InChI is InChI=1S/C19H20N4O2/c1-4-8-16(15(5-2)19(24)25-6-3)22-17-10-12-21-18(23-17)14-9-7-11-20-13-14/h4-5,7-13H,6H2,1-3H3/b8-4-,15-5+,22-16?. The molecule has 0 bridgehead atoms. The molecule has 0 fully saturated rings. The molecule has 2 aromatic heterocycles. The SMILES string of the molecule is C/C=C\C(=Nc1ccnc(-c2cccnc2)n1)/C(=C\C)C(=O)OCC. The Morgan fingerprint density at radius 1 is 1.28 bits per heavy atom. The molecule has 0 aliphatic rings. The van der Waals surface area contributed by atoms with Crippen LogP contribution in [0.15, 0.2) is 65.6 Å². The number of aliphatic imine (C=N–C) groups is 1. The molecule has 0 aromatic carbocycles. The van der Waals surface area contributed by atoms with Crippen molar-refractivity contribution in [3.05, 3.63) is 60.6 Å². The van der Waals surface area contributed by atoms with Gasteiger partial charge in [0.15, 0.2) is 11.6 Å². The summed E-state index contributed by atoms with van der Waals surface area (Å²) in [5, 5.41) is 0. The summed E-state index contributed by atoms with van der Waals surface area (Å²) in [5.74, 6) is 0.557. The molecule has 0 saturated carbocycles. The van der Waals surface area contributed by atoms with Crippen molar-refractivity contribution in [3.8, 4) is 11.4 Å². The predicted molar refractivity (Wildman–Crippen MR) is 97.6 cm³/mol. The van der Waals surface area contributed by atoms with Crippen LogP contribution in [0.1, 0.15) is 20.8 Å². The predicted octanol–water partition coefficient (Wildman–Crippen LogP) is 3.70. The third-order valence-electron chi connectivity index (χ3n) is 3.18. The summed E-state index contributed by atoms with van der Waals surface area (Å²) in [6.07, 6.45) is 10.2. The van der Waals surface area contributed by atoms with E-state index in [0.29, 0.717) is 29.5 Å². The van der Waals surface area contributed by atoms with Gasteiger partial charge in [-0.2, -0.15) is 0 Å². The maximum absolute atomic E-state index is 12.1. The summed E-state index contributed by atoms with van der Waals surface area (Å²) >= 11 is 0. The molecule has 0 N–H and O–H groups in total. The molecule has 2 heterocycles. The number of nitrogens with zero attached hydrogens (tertiary/aromatic N) is 4. The molecule has 2 aromatic rings. The lowest BCUT2D eigenvalue weighted by molar-refractivity contribution is -0.137. The lowest BCUT2D eigenvalue weighted by Crippen LogP contribution is -2.14. The van der Waals surface area contributed by atoms with Crippen LogP contribution in [0.4, 0.5) is 5.82 Å². The molecule has 2 rings (SSSR count). The Morgan fingerprint density at radius 2 is 2.12 bits per heavy atom. The Labute approximate surface area is 147 Å². The zero-order valence-corrected chi connectivity index (χ0v) is 14.5. The molecule has 0 spiro atoms. The normalized spacial score (nSPS) is 12.4. The molecular formula is C19H20N4O2. The Balaban J connectivity index is 2.42. The summed E-state index contributed by atoms with van der Waals surface area (Å²) < 4.78 is 5.09. The van der Waals surface area contributed by atoms with Crippen molar-refractivity contribution >= 4 is 17.5 Å². The van der Waals surface area contributed by atoms with E-state index in [4.69, 9.17) is 4.74 Å². The van der Waals surface area contributed by atoms with Gasteiger partial charge in [0.2, 0.25) is 0 Å². The minimum absolute atomic E-state index is 0.304. The van der Waals surface area contributed by atoms with Crippen molar-refractivity contribution in [1.29, 1.82) is 0 Å². The van der Waals surface area contributed by atoms with Crippen LogP contribution in [0.5, 0.6) is 0 Å². The van der Waals surface area contributed by atoms with Crippen LogP contribution in [0.3, 0.4) is 0 Å². The molecule has 25 heavy (non-hydrogen) atoms. The fourth-order valence-electron chi connectivity index (χ4n) is 2.09. The third kappa shape index (κ3) is 4.91. The van der Waals surface area contributed by atoms with E-state index in [1.165, 1.54) is 0 Å². The summed E-state index contributed by atoms with van der Waals surface area (Å²) in [7, 11) is 0. The first-order valence-corrected chi connectivity index (χ1v) is 7.98. The molecule has 0 amide bonds. The highest BCUT2D eigenvalue weighted by Crippen LogP contribution is 2.18. The number of rotatable bonds is 6. The van der Waals surface area contributed by atoms with Gasteiger partial charge in [-0.1, -0.05) is 12.2 Å². The van der Waals surface area contributed by atoms with Gasteiger partial charge in [-0.05, 0) is 39.0 Å². The molecule has 0 atom stereocenters. The van der Waals surface area contributed by atoms with E-state index < -0.39 is 5.97 Å². The largest absolute Gasteiger partial charge is 0.462 e. The topological polar surface area (TPSA) is 77.3 Å². The lowest BCUT2D eigenvalue weighted by atomic mass is 10.1. The Morgan fingerprint density at radius 3 is 2.76 bits per heavy atom. The summed E-state index contributed by atoms with van der Waals surface area (Å²) in [6, 6.07) is 5.37. The number of pyridine rings is 1. The van der Waals surface area contributed by atoms with E-state index in [9.17, 15) is 4.79 Å². The zero-order chi connectivity index (χ0) is 18.1. The number of carbonyl (C=O) groups is 1. The van der Waals surface area contributed by atoms with Crippen molar-refractivity contribution in [3.63, 3.8) is 0 Å². The van der Waals surface area contributed by atoms with Crippen molar-refractivity contribution < 1.29 is 9.53 Å². The Bertz CT molecular complexity index is 811. The van der Waals surface area contributed by atoms with Gasteiger partial charge >= 0.3 is 5.97 Å². The second-order valence-corrected chi connectivity index (χ2v) is 4.90. The van der Waals surface area contributed by atoms with Crippen molar-refractivity contribution in [1.82, 2.24) is 15.0 Å². The highest BCUT2D eigenvalue weighted by atomic mass is 16.5. The van der Waals surface area contributed by atoms with Gasteiger partial charge in [0.25, 0.3) is 0 Å². The summed E-state index contributed by atoms with van der Waals surface area (Å²) in [6.45, 7) is 5.70. The number of hydrogen-bond donors (Lipinski definition) is 0. The van der Waals surface area contributed by atoms with E-state index >= 15 is 0 Å². The first-order valence-electron chi connectivity index (χ1n) is 7.98. The van der Waals surface area contributed by atoms with Crippen LogP contribution in [-0.4, -0.2) is 33.2 Å². The first kappa shape index (κ1) is 18.2. The zero-order valence-electron chi connectivity index (χ0n) is 14.5. The number of ether oxygens (including phenoxy) is 1. The Kier molecular flexibility index (Phi) is 6.71. The quantitative estimate of drug-likeness (QED) is 0.457. The number of carbonyl (C=O) groups excluding carboxylic acids is 1. The minimum Gasteiger partial charge on any atom is -0.462 e. The summed E-state index contributed by atoms with van der Waals surface area (Å²) in [5.41, 5.74) is 1.67. The first-order chi connectivity index (χ1) is 12.2. The molecule has 0 unspecified atom stereocenters. The maximum atomic E-state index is 12.1. The second-order valence-electron chi connectivity index (χ2n) is 4.90. The van der Waals surface area contributed by atoms with Crippen LogP contribution in [0.25, 0.3) is 11.4 Å². The third-order valence-corrected chi connectivity index (χ3v) is 3.18. The molecular weight excluding hydrogens is 316 g/mol. The number of esters is 1. The Hall–Kier alpha value is -3.15. The number of allylic oxidation sites excluding steroid dienone is 3. The van der Waals surface area contributed by atoms with Crippen LogP contribution in [-0.2, 0) is 9.53 Å². The number of aromatic nitrogens is 3. The molecule has 128 valence electrons. The van der Waals surface area contributed by atoms with Crippen molar-refractivity contribution in [2.75, 3.05) is 6.61 Å². The van der Waals surface area contributed by atoms with Crippen molar-refractivity contribution in [2.45, 2.75) is 20.8 Å². The van der Waals surface area contributed by atoms with Gasteiger partial charge in [-0.3, -0.25) is 4.98 Å². The molecule has 0 radical (unpaired) electrons. The second kappa shape index (κ2) is 9.22. The van der Waals surface area contributed by atoms with Gasteiger partial charge < -0.3 is 4.74 Å². The van der Waals surface area contributed by atoms with Crippen LogP contribution >= 0.6 is 0 Å². The van der Waals surface area contributed by atoms with Gasteiger partial charge in [-0.15, -0.1) is 0 Å². The average molecular weight is 336 g/mol. The van der Waals surface area contributed by atoms with Gasteiger partial charge in [0.05, 0.1) is 17.9 Å². The van der Waals surface area contributed by atoms with E-state index in [1.54, 1.807) is 50.7 Å². The number of hydrogen-bond acceptors (Lipinski definition) is 6. The fraction of sp³-hybridized carbons (Fsp3) is 0.211. The highest BCUT2D eigenvalue weighted by molar-refractivity contribution is 6.24. The van der Waals surface area contributed by atoms with Crippen LogP contribution < -0.4 is 0 Å². The molecule has 0 aliphatic carbocycles. The maximum Gasteiger partial charge on any atom is 0.339 e. The van der Waals surface area contributed by atoms with E-state index in [0.717, 1.165) is 5.56 Å². The minimum atomic E-state index is -0.414. The smallest absolute Gasteiger partial charge is 0.339 e. The lowest BCUT2D eigenvalue weighted by Gasteiger charge is -2.07. The van der Waals surface area contributed by atoms with Crippen molar-refractivity contribution in [2.24, 2.45) is 4.99 Å². The molecule has 6 heteroatoms. The van der Waals surface area contributed by atoms with E-state index in [1.807, 2.05) is 25.1 Å². The summed E-state index contributed by atoms with van der Waals surface area (Å²) in [4.78, 5) is 29.4. The molecule has 6 nitrogen and oxygen atoms in total.